The number of hydrogen-bond acceptors (Lipinski definition) is 11. The standard InChI is InChI=1S/C29H31NO11/c1-11-24(33)16(30-13(3)32)8-19(40-11)41-18-10-29(38,12(2)31)9-15-21(18)28(37)23-22(26(15)35)25(34)14-6-5-7-17(39-4)20(14)27(23)36/h5-7,11,16,18-19,24,33,35,37-38H,8-10H2,1-4H3,(H,30,32)/t11-,16-,18+,19-,24-,29+/m1/s1. The topological polar surface area (TPSA) is 189 Å². The Balaban J connectivity index is 1.64. The van der Waals surface area contributed by atoms with Gasteiger partial charge in [0.2, 0.25) is 11.7 Å². The first-order chi connectivity index (χ1) is 19.3. The molecule has 0 saturated carbocycles. The Labute approximate surface area is 234 Å². The maximum Gasteiger partial charge on any atom is 0.217 e. The van der Waals surface area contributed by atoms with E-state index < -0.39 is 82.6 Å². The molecule has 2 aliphatic carbocycles. The van der Waals surface area contributed by atoms with Crippen LogP contribution in [0, 0.1) is 0 Å². The molecule has 0 aromatic heterocycles. The summed E-state index contributed by atoms with van der Waals surface area (Å²) in [7, 11) is 1.33. The van der Waals surface area contributed by atoms with Crippen molar-refractivity contribution >= 4 is 23.3 Å². The smallest absolute Gasteiger partial charge is 0.217 e. The molecule has 2 aromatic carbocycles. The van der Waals surface area contributed by atoms with E-state index in [1.807, 2.05) is 0 Å². The Morgan fingerprint density at radius 1 is 1.07 bits per heavy atom. The second-order valence-electron chi connectivity index (χ2n) is 10.8. The van der Waals surface area contributed by atoms with Gasteiger partial charge < -0.3 is 40.0 Å². The molecule has 1 aliphatic heterocycles. The van der Waals surface area contributed by atoms with Crippen molar-refractivity contribution < 1.29 is 53.8 Å². The number of phenolic OH excluding ortho intramolecular Hbond substituents is 2. The molecule has 5 N–H and O–H groups in total. The molecule has 3 aliphatic rings. The molecule has 0 spiro atoms. The Morgan fingerprint density at radius 3 is 2.39 bits per heavy atom. The van der Waals surface area contributed by atoms with E-state index in [9.17, 15) is 39.6 Å². The number of rotatable bonds is 5. The average molecular weight is 570 g/mol. The number of ether oxygens (including phenoxy) is 3. The average Bonchev–Trinajstić information content (AvgIpc) is 2.91. The van der Waals surface area contributed by atoms with Crippen molar-refractivity contribution in [3.63, 3.8) is 0 Å². The van der Waals surface area contributed by atoms with Crippen molar-refractivity contribution in [2.45, 2.75) is 76.3 Å². The molecule has 2 aromatic rings. The molecule has 218 valence electrons. The number of carbonyl (C=O) groups is 4. The number of aliphatic hydroxyl groups excluding tert-OH is 1. The molecule has 0 radical (unpaired) electrons. The summed E-state index contributed by atoms with van der Waals surface area (Å²) >= 11 is 0. The lowest BCUT2D eigenvalue weighted by molar-refractivity contribution is -0.249. The van der Waals surface area contributed by atoms with Crippen LogP contribution < -0.4 is 10.1 Å². The number of Topliss-reactive ketones (excluding diaryl/α,β-unsaturated/α-hetero) is 1. The molecule has 5 rings (SSSR count). The second-order valence-corrected chi connectivity index (χ2v) is 10.8. The minimum Gasteiger partial charge on any atom is -0.507 e. The van der Waals surface area contributed by atoms with Gasteiger partial charge in [-0.05, 0) is 19.9 Å². The van der Waals surface area contributed by atoms with Gasteiger partial charge in [0.05, 0.1) is 42.0 Å². The molecule has 0 bridgehead atoms. The molecule has 6 atom stereocenters. The molecular weight excluding hydrogens is 538 g/mol. The van der Waals surface area contributed by atoms with Gasteiger partial charge >= 0.3 is 0 Å². The number of nitrogens with one attached hydrogen (secondary N) is 1. The zero-order valence-electron chi connectivity index (χ0n) is 22.9. The van der Waals surface area contributed by atoms with Gasteiger partial charge in [0.25, 0.3) is 0 Å². The Kier molecular flexibility index (Phi) is 7.14. The van der Waals surface area contributed by atoms with Crippen molar-refractivity contribution in [3.05, 3.63) is 51.6 Å². The van der Waals surface area contributed by atoms with Crippen LogP contribution in [0.2, 0.25) is 0 Å². The van der Waals surface area contributed by atoms with Gasteiger partial charge in [0, 0.05) is 42.9 Å². The summed E-state index contributed by atoms with van der Waals surface area (Å²) in [6, 6.07) is 3.66. The van der Waals surface area contributed by atoms with E-state index in [2.05, 4.69) is 5.32 Å². The summed E-state index contributed by atoms with van der Waals surface area (Å²) in [4.78, 5) is 51.5. The van der Waals surface area contributed by atoms with E-state index in [-0.39, 0.29) is 46.8 Å². The van der Waals surface area contributed by atoms with E-state index in [4.69, 9.17) is 14.2 Å². The highest BCUT2D eigenvalue weighted by Gasteiger charge is 2.49. The number of amides is 1. The van der Waals surface area contributed by atoms with Crippen LogP contribution in [0.5, 0.6) is 17.2 Å². The Morgan fingerprint density at radius 2 is 1.76 bits per heavy atom. The highest BCUT2D eigenvalue weighted by molar-refractivity contribution is 6.31. The van der Waals surface area contributed by atoms with Crippen LogP contribution in [0.25, 0.3) is 0 Å². The monoisotopic (exact) mass is 569 g/mol. The number of benzene rings is 2. The van der Waals surface area contributed by atoms with Gasteiger partial charge in [-0.3, -0.25) is 19.2 Å². The van der Waals surface area contributed by atoms with E-state index in [0.29, 0.717) is 0 Å². The summed E-state index contributed by atoms with van der Waals surface area (Å²) < 4.78 is 17.2. The lowest BCUT2D eigenvalue weighted by Crippen LogP contribution is -2.55. The summed E-state index contributed by atoms with van der Waals surface area (Å²) in [5.41, 5.74) is -3.25. The van der Waals surface area contributed by atoms with Gasteiger partial charge in [-0.25, -0.2) is 0 Å². The molecule has 1 heterocycles. The Bertz CT molecular complexity index is 1480. The number of aromatic hydroxyl groups is 2. The van der Waals surface area contributed by atoms with Crippen LogP contribution in [0.15, 0.2) is 18.2 Å². The van der Waals surface area contributed by atoms with Gasteiger partial charge in [-0.15, -0.1) is 0 Å². The fraction of sp³-hybridized carbons (Fsp3) is 0.448. The zero-order valence-corrected chi connectivity index (χ0v) is 22.9. The van der Waals surface area contributed by atoms with Crippen LogP contribution in [-0.4, -0.2) is 80.9 Å². The zero-order chi connectivity index (χ0) is 30.0. The minimum absolute atomic E-state index is 0.0188. The van der Waals surface area contributed by atoms with Gasteiger partial charge in [0.15, 0.2) is 17.9 Å². The summed E-state index contributed by atoms with van der Waals surface area (Å²) in [5, 5.41) is 47.4. The van der Waals surface area contributed by atoms with Crippen molar-refractivity contribution in [1.82, 2.24) is 5.32 Å². The molecule has 1 amide bonds. The molecule has 12 nitrogen and oxygen atoms in total. The number of phenols is 2. The number of fused-ring (bicyclic) bond motifs is 3. The fourth-order valence-corrected chi connectivity index (χ4v) is 6.03. The third-order valence-electron chi connectivity index (χ3n) is 8.14. The number of aliphatic hydroxyl groups is 2. The van der Waals surface area contributed by atoms with Crippen LogP contribution in [0.3, 0.4) is 0 Å². The normalized spacial score (nSPS) is 28.8. The molecular formula is C29H31NO11. The largest absolute Gasteiger partial charge is 0.507 e. The summed E-state index contributed by atoms with van der Waals surface area (Å²) in [5.74, 6) is -3.72. The predicted molar refractivity (Wildman–Crippen MR) is 140 cm³/mol. The van der Waals surface area contributed by atoms with Gasteiger partial charge in [-0.2, -0.15) is 0 Å². The third-order valence-corrected chi connectivity index (χ3v) is 8.14. The molecule has 41 heavy (non-hydrogen) atoms. The van der Waals surface area contributed by atoms with Gasteiger partial charge in [0.1, 0.15) is 29.0 Å². The molecule has 0 unspecified atom stereocenters. The first-order valence-electron chi connectivity index (χ1n) is 13.2. The number of hydrogen-bond donors (Lipinski definition) is 5. The predicted octanol–water partition coefficient (Wildman–Crippen LogP) is 1.21. The summed E-state index contributed by atoms with van der Waals surface area (Å²) in [6.07, 6.45) is -5.06. The SMILES string of the molecule is COc1cccc2c1C(=O)c1c(O)c3c(c(O)c1C2=O)C[C@@](O)(C(C)=O)C[C@@H]3O[C@@H]1C[C@@H](NC(C)=O)[C@H](O)[C@@H](C)O1. The second kappa shape index (κ2) is 10.2. The van der Waals surface area contributed by atoms with Crippen LogP contribution >= 0.6 is 0 Å². The van der Waals surface area contributed by atoms with Crippen LogP contribution in [-0.2, 0) is 25.5 Å². The highest BCUT2D eigenvalue weighted by Crippen LogP contribution is 2.52. The number of ketones is 3. The lowest BCUT2D eigenvalue weighted by Gasteiger charge is -2.42. The van der Waals surface area contributed by atoms with Crippen molar-refractivity contribution in [2.24, 2.45) is 0 Å². The van der Waals surface area contributed by atoms with Crippen molar-refractivity contribution in [1.29, 1.82) is 0 Å². The summed E-state index contributed by atoms with van der Waals surface area (Å²) in [6.45, 7) is 4.03. The van der Waals surface area contributed by atoms with Gasteiger partial charge in [-0.1, -0.05) is 12.1 Å². The van der Waals surface area contributed by atoms with E-state index in [0.717, 1.165) is 6.92 Å². The highest BCUT2D eigenvalue weighted by atomic mass is 16.7. The van der Waals surface area contributed by atoms with E-state index >= 15 is 0 Å². The minimum atomic E-state index is -2.05. The first-order valence-corrected chi connectivity index (χ1v) is 13.2. The van der Waals surface area contributed by atoms with Crippen LogP contribution in [0.4, 0.5) is 0 Å². The number of carbonyl (C=O) groups excluding carboxylic acids is 4. The van der Waals surface area contributed by atoms with Crippen molar-refractivity contribution in [3.8, 4) is 17.2 Å². The molecule has 1 saturated heterocycles. The lowest BCUT2D eigenvalue weighted by atomic mass is 9.72. The molecule has 12 heteroatoms. The number of methoxy groups -OCH3 is 1. The maximum atomic E-state index is 13.7. The van der Waals surface area contributed by atoms with E-state index in [1.54, 1.807) is 6.92 Å². The fourth-order valence-electron chi connectivity index (χ4n) is 6.03. The Hall–Kier alpha value is -3.84. The van der Waals surface area contributed by atoms with Crippen LogP contribution in [0.1, 0.15) is 82.7 Å². The van der Waals surface area contributed by atoms with Crippen molar-refractivity contribution in [2.75, 3.05) is 7.11 Å². The first kappa shape index (κ1) is 28.7. The maximum absolute atomic E-state index is 13.7. The molecule has 1 fully saturated rings. The third kappa shape index (κ3) is 4.56. The van der Waals surface area contributed by atoms with E-state index in [1.165, 1.54) is 32.2 Å². The quantitative estimate of drug-likeness (QED) is 0.278.